The Balaban J connectivity index is 1.57. The summed E-state index contributed by atoms with van der Waals surface area (Å²) in [7, 11) is 0. The topological polar surface area (TPSA) is 68.2 Å². The first-order chi connectivity index (χ1) is 12.1. The van der Waals surface area contributed by atoms with Gasteiger partial charge in [-0.15, -0.1) is 0 Å². The van der Waals surface area contributed by atoms with Gasteiger partial charge in [-0.25, -0.2) is 8.78 Å². The molecule has 1 aromatic heterocycles. The standard InChI is InChI=1S/C17H20F2N4O2/c18-13-2-3-15(14(19)12-13)25-11-9-21-16(24)17(4-7-20-8-5-17)23-10-1-6-22-23/h1-3,6,10,12,20H,4-5,7-9,11H2,(H,21,24). The molecular formula is C17H20F2N4O2. The van der Waals surface area contributed by atoms with Gasteiger partial charge < -0.3 is 15.4 Å². The van der Waals surface area contributed by atoms with Gasteiger partial charge in [-0.2, -0.15) is 5.10 Å². The van der Waals surface area contributed by atoms with Gasteiger partial charge in [-0.05, 0) is 44.1 Å². The van der Waals surface area contributed by atoms with Gasteiger partial charge in [0.25, 0.3) is 0 Å². The molecule has 8 heteroatoms. The summed E-state index contributed by atoms with van der Waals surface area (Å²) < 4.78 is 33.3. The minimum absolute atomic E-state index is 0.0423. The predicted molar refractivity (Wildman–Crippen MR) is 87.2 cm³/mol. The minimum Gasteiger partial charge on any atom is -0.489 e. The quantitative estimate of drug-likeness (QED) is 0.774. The molecule has 1 saturated heterocycles. The van der Waals surface area contributed by atoms with Crippen molar-refractivity contribution in [1.29, 1.82) is 0 Å². The Morgan fingerprint density at radius 1 is 1.36 bits per heavy atom. The number of hydrogen-bond donors (Lipinski definition) is 2. The average Bonchev–Trinajstić information content (AvgIpc) is 3.16. The summed E-state index contributed by atoms with van der Waals surface area (Å²) in [5.74, 6) is -1.61. The van der Waals surface area contributed by atoms with Gasteiger partial charge in [0.1, 0.15) is 18.0 Å². The first-order valence-electron chi connectivity index (χ1n) is 8.19. The monoisotopic (exact) mass is 350 g/mol. The Morgan fingerprint density at radius 2 is 2.16 bits per heavy atom. The number of aromatic nitrogens is 2. The van der Waals surface area contributed by atoms with E-state index in [1.165, 1.54) is 6.07 Å². The van der Waals surface area contributed by atoms with E-state index in [-0.39, 0.29) is 24.8 Å². The van der Waals surface area contributed by atoms with Crippen molar-refractivity contribution in [3.05, 3.63) is 48.3 Å². The van der Waals surface area contributed by atoms with Crippen molar-refractivity contribution in [3.63, 3.8) is 0 Å². The zero-order chi connectivity index (χ0) is 17.7. The minimum atomic E-state index is -0.766. The summed E-state index contributed by atoms with van der Waals surface area (Å²) in [4.78, 5) is 12.8. The summed E-state index contributed by atoms with van der Waals surface area (Å²) >= 11 is 0. The number of carbonyl (C=O) groups is 1. The second-order valence-corrected chi connectivity index (χ2v) is 5.91. The van der Waals surface area contributed by atoms with E-state index < -0.39 is 17.2 Å². The van der Waals surface area contributed by atoms with Crippen molar-refractivity contribution < 1.29 is 18.3 Å². The fraction of sp³-hybridized carbons (Fsp3) is 0.412. The van der Waals surface area contributed by atoms with Crippen LogP contribution in [0.3, 0.4) is 0 Å². The molecule has 2 aromatic rings. The molecule has 1 aliphatic heterocycles. The van der Waals surface area contributed by atoms with Gasteiger partial charge in [-0.3, -0.25) is 9.48 Å². The highest BCUT2D eigenvalue weighted by atomic mass is 19.1. The lowest BCUT2D eigenvalue weighted by molar-refractivity contribution is -0.132. The van der Waals surface area contributed by atoms with Crippen molar-refractivity contribution in [2.75, 3.05) is 26.2 Å². The third-order valence-electron chi connectivity index (χ3n) is 4.34. The van der Waals surface area contributed by atoms with E-state index >= 15 is 0 Å². The zero-order valence-corrected chi connectivity index (χ0v) is 13.7. The molecule has 1 aromatic carbocycles. The lowest BCUT2D eigenvalue weighted by Gasteiger charge is -2.36. The summed E-state index contributed by atoms with van der Waals surface area (Å²) in [5.41, 5.74) is -0.726. The van der Waals surface area contributed by atoms with Crippen molar-refractivity contribution >= 4 is 5.91 Å². The van der Waals surface area contributed by atoms with Crippen LogP contribution in [0.5, 0.6) is 5.75 Å². The summed E-state index contributed by atoms with van der Waals surface area (Å²) in [6, 6.07) is 4.90. The molecule has 0 spiro atoms. The molecule has 2 heterocycles. The van der Waals surface area contributed by atoms with Crippen molar-refractivity contribution in [1.82, 2.24) is 20.4 Å². The summed E-state index contributed by atoms with van der Waals surface area (Å²) in [6.07, 6.45) is 4.70. The maximum absolute atomic E-state index is 13.5. The number of rotatable bonds is 6. The number of nitrogens with zero attached hydrogens (tertiary/aromatic N) is 2. The van der Waals surface area contributed by atoms with E-state index in [1.807, 2.05) is 0 Å². The van der Waals surface area contributed by atoms with Gasteiger partial charge >= 0.3 is 0 Å². The van der Waals surface area contributed by atoms with E-state index in [0.29, 0.717) is 12.8 Å². The Kier molecular flexibility index (Phi) is 5.28. The predicted octanol–water partition coefficient (Wildman–Crippen LogP) is 1.44. The number of hydrogen-bond acceptors (Lipinski definition) is 4. The third kappa shape index (κ3) is 3.79. The lowest BCUT2D eigenvalue weighted by atomic mass is 9.87. The smallest absolute Gasteiger partial charge is 0.248 e. The molecule has 6 nitrogen and oxygen atoms in total. The molecule has 134 valence electrons. The van der Waals surface area contributed by atoms with Crippen LogP contribution in [0.1, 0.15) is 12.8 Å². The number of nitrogens with one attached hydrogen (secondary N) is 2. The highest BCUT2D eigenvalue weighted by molar-refractivity contribution is 5.84. The number of benzene rings is 1. The maximum Gasteiger partial charge on any atom is 0.248 e. The maximum atomic E-state index is 13.5. The van der Waals surface area contributed by atoms with Crippen LogP contribution in [0.4, 0.5) is 8.78 Å². The van der Waals surface area contributed by atoms with E-state index in [0.717, 1.165) is 25.2 Å². The van der Waals surface area contributed by atoms with E-state index in [2.05, 4.69) is 15.7 Å². The third-order valence-corrected chi connectivity index (χ3v) is 4.34. The summed E-state index contributed by atoms with van der Waals surface area (Å²) in [5, 5.41) is 10.3. The molecule has 0 unspecified atom stereocenters. The molecule has 0 aliphatic carbocycles. The van der Waals surface area contributed by atoms with Gasteiger partial charge in [-0.1, -0.05) is 0 Å². The second kappa shape index (κ2) is 7.60. The van der Waals surface area contributed by atoms with Gasteiger partial charge in [0.2, 0.25) is 5.91 Å². The van der Waals surface area contributed by atoms with Crippen molar-refractivity contribution in [2.45, 2.75) is 18.4 Å². The number of ether oxygens (including phenoxy) is 1. The number of halogens is 2. The molecular weight excluding hydrogens is 330 g/mol. The van der Waals surface area contributed by atoms with Crippen LogP contribution in [0.15, 0.2) is 36.7 Å². The van der Waals surface area contributed by atoms with Crippen LogP contribution in [-0.2, 0) is 10.3 Å². The molecule has 1 aliphatic rings. The van der Waals surface area contributed by atoms with Gasteiger partial charge in [0.05, 0.1) is 6.54 Å². The highest BCUT2D eigenvalue weighted by Gasteiger charge is 2.41. The van der Waals surface area contributed by atoms with Crippen LogP contribution in [0, 0.1) is 11.6 Å². The first kappa shape index (κ1) is 17.3. The largest absolute Gasteiger partial charge is 0.489 e. The fourth-order valence-electron chi connectivity index (χ4n) is 3.00. The van der Waals surface area contributed by atoms with Crippen LogP contribution >= 0.6 is 0 Å². The van der Waals surface area contributed by atoms with Crippen LogP contribution in [-0.4, -0.2) is 41.9 Å². The molecule has 2 N–H and O–H groups in total. The Labute approximate surface area is 144 Å². The molecule has 0 bridgehead atoms. The number of carbonyl (C=O) groups excluding carboxylic acids is 1. The normalized spacial score (nSPS) is 16.4. The van der Waals surface area contributed by atoms with Gasteiger partial charge in [0, 0.05) is 18.5 Å². The van der Waals surface area contributed by atoms with Crippen molar-refractivity contribution in [2.24, 2.45) is 0 Å². The highest BCUT2D eigenvalue weighted by Crippen LogP contribution is 2.27. The number of piperidine rings is 1. The lowest BCUT2D eigenvalue weighted by Crippen LogP contribution is -2.55. The van der Waals surface area contributed by atoms with Crippen LogP contribution in [0.25, 0.3) is 0 Å². The van der Waals surface area contributed by atoms with E-state index in [4.69, 9.17) is 4.74 Å². The SMILES string of the molecule is O=C(NCCOc1ccc(F)cc1F)C1(n2cccn2)CCNCC1. The molecule has 1 amide bonds. The van der Waals surface area contributed by atoms with E-state index in [9.17, 15) is 13.6 Å². The fourth-order valence-corrected chi connectivity index (χ4v) is 3.00. The molecule has 0 saturated carbocycles. The van der Waals surface area contributed by atoms with Crippen LogP contribution in [0.2, 0.25) is 0 Å². The molecule has 25 heavy (non-hydrogen) atoms. The Hall–Kier alpha value is -2.48. The second-order valence-electron chi connectivity index (χ2n) is 5.91. The van der Waals surface area contributed by atoms with Crippen LogP contribution < -0.4 is 15.4 Å². The van der Waals surface area contributed by atoms with E-state index in [1.54, 1.807) is 23.1 Å². The van der Waals surface area contributed by atoms with Crippen molar-refractivity contribution in [3.8, 4) is 5.75 Å². The summed E-state index contributed by atoms with van der Waals surface area (Å²) in [6.45, 7) is 1.75. The Morgan fingerprint density at radius 3 is 2.84 bits per heavy atom. The molecule has 0 radical (unpaired) electrons. The Bertz CT molecular complexity index is 715. The number of amides is 1. The van der Waals surface area contributed by atoms with Gasteiger partial charge in [0.15, 0.2) is 11.6 Å². The zero-order valence-electron chi connectivity index (χ0n) is 13.7. The average molecular weight is 350 g/mol. The molecule has 3 rings (SSSR count). The molecule has 0 atom stereocenters. The molecule has 1 fully saturated rings. The first-order valence-corrected chi connectivity index (χ1v) is 8.19.